The Morgan fingerprint density at radius 1 is 1.44 bits per heavy atom. The van der Waals surface area contributed by atoms with Gasteiger partial charge in [-0.05, 0) is 37.8 Å². The Balaban J connectivity index is 1.91. The van der Waals surface area contributed by atoms with Crippen LogP contribution in [0, 0.1) is 12.8 Å². The largest absolute Gasteiger partial charge is 0.329 e. The van der Waals surface area contributed by atoms with E-state index >= 15 is 0 Å². The van der Waals surface area contributed by atoms with Crippen LogP contribution in [0.1, 0.15) is 18.5 Å². The van der Waals surface area contributed by atoms with Gasteiger partial charge in [0.1, 0.15) is 5.82 Å². The van der Waals surface area contributed by atoms with Crippen LogP contribution in [-0.2, 0) is 0 Å². The highest BCUT2D eigenvalue weighted by Crippen LogP contribution is 2.35. The fraction of sp³-hybridized carbons (Fsp3) is 0.500. The van der Waals surface area contributed by atoms with Crippen molar-refractivity contribution < 1.29 is 13.6 Å². The first-order valence-corrected chi connectivity index (χ1v) is 5.85. The van der Waals surface area contributed by atoms with E-state index < -0.39 is 18.5 Å². The average Bonchev–Trinajstić information content (AvgIpc) is 3.09. The van der Waals surface area contributed by atoms with Crippen molar-refractivity contribution in [2.45, 2.75) is 32.2 Å². The lowest BCUT2D eigenvalue weighted by Gasteiger charge is -2.17. The number of urea groups is 1. The van der Waals surface area contributed by atoms with Gasteiger partial charge in [-0.25, -0.2) is 18.6 Å². The number of pyridine rings is 1. The Morgan fingerprint density at radius 2 is 2.17 bits per heavy atom. The number of carbonyl (C=O) groups is 1. The van der Waals surface area contributed by atoms with Crippen LogP contribution in [0.25, 0.3) is 0 Å². The molecule has 1 fully saturated rings. The molecule has 1 heterocycles. The summed E-state index contributed by atoms with van der Waals surface area (Å²) in [5.41, 5.74) is 0.750. The van der Waals surface area contributed by atoms with E-state index in [0.29, 0.717) is 5.82 Å². The van der Waals surface area contributed by atoms with Crippen LogP contribution in [0.4, 0.5) is 19.4 Å². The molecule has 98 valence electrons. The number of anilines is 1. The number of hydrogen-bond acceptors (Lipinski definition) is 2. The highest BCUT2D eigenvalue weighted by atomic mass is 19.3. The third-order valence-corrected chi connectivity index (χ3v) is 2.83. The minimum absolute atomic E-state index is 0.0961. The Kier molecular flexibility index (Phi) is 3.74. The van der Waals surface area contributed by atoms with Crippen molar-refractivity contribution in [3.8, 4) is 0 Å². The van der Waals surface area contributed by atoms with Crippen LogP contribution < -0.4 is 10.6 Å². The highest BCUT2D eigenvalue weighted by Gasteiger charge is 2.38. The number of nitrogens with zero attached hydrogens (tertiary/aromatic N) is 1. The molecule has 1 atom stereocenters. The topological polar surface area (TPSA) is 54.0 Å². The number of aromatic nitrogens is 1. The summed E-state index contributed by atoms with van der Waals surface area (Å²) in [4.78, 5) is 15.6. The Labute approximate surface area is 104 Å². The number of halogens is 2. The normalized spacial score (nSPS) is 16.4. The van der Waals surface area contributed by atoms with Crippen molar-refractivity contribution >= 4 is 11.8 Å². The first-order chi connectivity index (χ1) is 8.56. The molecule has 6 heteroatoms. The summed E-state index contributed by atoms with van der Waals surface area (Å²) in [5.74, 6) is 0.262. The second-order valence-corrected chi connectivity index (χ2v) is 4.46. The van der Waals surface area contributed by atoms with E-state index in [2.05, 4.69) is 15.6 Å². The van der Waals surface area contributed by atoms with Gasteiger partial charge < -0.3 is 5.32 Å². The zero-order chi connectivity index (χ0) is 13.1. The second-order valence-electron chi connectivity index (χ2n) is 4.46. The van der Waals surface area contributed by atoms with Gasteiger partial charge in [-0.1, -0.05) is 6.07 Å². The molecule has 0 saturated heterocycles. The maximum Gasteiger partial charge on any atom is 0.320 e. The van der Waals surface area contributed by atoms with Crippen molar-refractivity contribution in [3.05, 3.63) is 23.9 Å². The van der Waals surface area contributed by atoms with Crippen LogP contribution in [-0.4, -0.2) is 23.5 Å². The molecule has 2 rings (SSSR count). The first kappa shape index (κ1) is 12.7. The quantitative estimate of drug-likeness (QED) is 0.868. The van der Waals surface area contributed by atoms with E-state index in [4.69, 9.17) is 0 Å². The van der Waals surface area contributed by atoms with Crippen LogP contribution >= 0.6 is 0 Å². The maximum absolute atomic E-state index is 12.7. The van der Waals surface area contributed by atoms with Gasteiger partial charge in [0.05, 0.1) is 6.04 Å². The molecule has 18 heavy (non-hydrogen) atoms. The lowest BCUT2D eigenvalue weighted by Crippen LogP contribution is -2.43. The summed E-state index contributed by atoms with van der Waals surface area (Å²) in [6.45, 7) is 1.79. The summed E-state index contributed by atoms with van der Waals surface area (Å²) in [6, 6.07) is 3.44. The smallest absolute Gasteiger partial charge is 0.320 e. The monoisotopic (exact) mass is 255 g/mol. The van der Waals surface area contributed by atoms with Crippen molar-refractivity contribution in [1.29, 1.82) is 0 Å². The van der Waals surface area contributed by atoms with Gasteiger partial charge in [0.25, 0.3) is 6.43 Å². The molecule has 1 aliphatic carbocycles. The molecule has 0 bridgehead atoms. The molecule has 0 radical (unpaired) electrons. The number of hydrogen-bond donors (Lipinski definition) is 2. The lowest BCUT2D eigenvalue weighted by atomic mass is 10.2. The van der Waals surface area contributed by atoms with Gasteiger partial charge in [0.2, 0.25) is 0 Å². The van der Waals surface area contributed by atoms with Crippen LogP contribution in [0.3, 0.4) is 0 Å². The fourth-order valence-corrected chi connectivity index (χ4v) is 1.76. The Morgan fingerprint density at radius 3 is 2.72 bits per heavy atom. The fourth-order valence-electron chi connectivity index (χ4n) is 1.76. The van der Waals surface area contributed by atoms with Gasteiger partial charge >= 0.3 is 6.03 Å². The minimum Gasteiger partial charge on any atom is -0.329 e. The summed E-state index contributed by atoms with van der Waals surface area (Å²) in [6.07, 6.45) is -1.04. The molecular formula is C12H15F2N3O. The minimum atomic E-state index is -2.53. The summed E-state index contributed by atoms with van der Waals surface area (Å²) in [5, 5.41) is 4.76. The average molecular weight is 255 g/mol. The Bertz CT molecular complexity index is 433. The van der Waals surface area contributed by atoms with E-state index in [1.165, 1.54) is 0 Å². The number of nitrogens with one attached hydrogen (secondary N) is 2. The SMILES string of the molecule is Cc1cccc(NC(=O)N[C@@H](C(F)F)C2CC2)n1. The van der Waals surface area contributed by atoms with Crippen LogP contribution in [0.2, 0.25) is 0 Å². The number of carbonyl (C=O) groups excluding carboxylic acids is 1. The number of amides is 2. The van der Waals surface area contributed by atoms with Gasteiger partial charge in [0.15, 0.2) is 0 Å². The molecule has 2 N–H and O–H groups in total. The molecule has 2 amide bonds. The molecule has 1 aromatic heterocycles. The van der Waals surface area contributed by atoms with Crippen molar-refractivity contribution in [3.63, 3.8) is 0 Å². The molecule has 4 nitrogen and oxygen atoms in total. The van der Waals surface area contributed by atoms with Crippen molar-refractivity contribution in [2.24, 2.45) is 5.92 Å². The van der Waals surface area contributed by atoms with E-state index in [1.807, 2.05) is 0 Å². The molecular weight excluding hydrogens is 240 g/mol. The van der Waals surface area contributed by atoms with Gasteiger partial charge in [-0.3, -0.25) is 5.32 Å². The van der Waals surface area contributed by atoms with E-state index in [1.54, 1.807) is 25.1 Å². The standard InChI is InChI=1S/C12H15F2N3O/c1-7-3-2-4-9(15-7)16-12(18)17-10(11(13)14)8-5-6-8/h2-4,8,10-11H,5-6H2,1H3,(H2,15,16,17,18)/t10-/m1/s1. The lowest BCUT2D eigenvalue weighted by molar-refractivity contribution is 0.0929. The van der Waals surface area contributed by atoms with E-state index in [-0.39, 0.29) is 5.92 Å². The van der Waals surface area contributed by atoms with Crippen molar-refractivity contribution in [2.75, 3.05) is 5.32 Å². The van der Waals surface area contributed by atoms with E-state index in [0.717, 1.165) is 18.5 Å². The zero-order valence-corrected chi connectivity index (χ0v) is 9.99. The van der Waals surface area contributed by atoms with Crippen molar-refractivity contribution in [1.82, 2.24) is 10.3 Å². The molecule has 0 unspecified atom stereocenters. The predicted octanol–water partition coefficient (Wildman–Crippen LogP) is 2.56. The number of alkyl halides is 2. The van der Waals surface area contributed by atoms with Crippen LogP contribution in [0.15, 0.2) is 18.2 Å². The Hall–Kier alpha value is -1.72. The summed E-state index contributed by atoms with van der Waals surface area (Å²) in [7, 11) is 0. The van der Waals surface area contributed by atoms with Gasteiger partial charge in [0, 0.05) is 5.69 Å². The van der Waals surface area contributed by atoms with Gasteiger partial charge in [-0.2, -0.15) is 0 Å². The zero-order valence-electron chi connectivity index (χ0n) is 9.99. The second kappa shape index (κ2) is 5.29. The molecule has 1 saturated carbocycles. The molecule has 1 aromatic rings. The third kappa shape index (κ3) is 3.38. The molecule has 1 aliphatic rings. The highest BCUT2D eigenvalue weighted by molar-refractivity contribution is 5.88. The predicted molar refractivity (Wildman–Crippen MR) is 63.6 cm³/mol. The summed E-state index contributed by atoms with van der Waals surface area (Å²) < 4.78 is 25.4. The molecule has 0 aliphatic heterocycles. The summed E-state index contributed by atoms with van der Waals surface area (Å²) >= 11 is 0. The first-order valence-electron chi connectivity index (χ1n) is 5.85. The molecule has 0 aromatic carbocycles. The molecule has 0 spiro atoms. The number of aryl methyl sites for hydroxylation is 1. The van der Waals surface area contributed by atoms with Gasteiger partial charge in [-0.15, -0.1) is 0 Å². The maximum atomic E-state index is 12.7. The third-order valence-electron chi connectivity index (χ3n) is 2.83. The van der Waals surface area contributed by atoms with E-state index in [9.17, 15) is 13.6 Å². The number of rotatable bonds is 4. The van der Waals surface area contributed by atoms with Crippen LogP contribution in [0.5, 0.6) is 0 Å².